The van der Waals surface area contributed by atoms with Crippen molar-refractivity contribution in [1.82, 2.24) is 5.43 Å². The lowest BCUT2D eigenvalue weighted by Crippen LogP contribution is -2.20. The van der Waals surface area contributed by atoms with Crippen molar-refractivity contribution in [3.05, 3.63) is 61.2 Å². The van der Waals surface area contributed by atoms with Gasteiger partial charge < -0.3 is 14.2 Å². The van der Waals surface area contributed by atoms with Crippen LogP contribution in [-0.4, -0.2) is 43.3 Å². The molecule has 10 nitrogen and oxygen atoms in total. The van der Waals surface area contributed by atoms with Crippen LogP contribution in [0.3, 0.4) is 0 Å². The normalized spacial score (nSPS) is 10.5. The predicted molar refractivity (Wildman–Crippen MR) is 120 cm³/mol. The Labute approximate surface area is 191 Å². The number of benzene rings is 2. The van der Waals surface area contributed by atoms with Gasteiger partial charge in [0.1, 0.15) is 0 Å². The summed E-state index contributed by atoms with van der Waals surface area (Å²) in [6, 6.07) is 9.36. The number of halogens is 1. The second-order valence-corrected chi connectivity index (χ2v) is 7.15. The van der Waals surface area contributed by atoms with Gasteiger partial charge in [-0.3, -0.25) is 14.9 Å². The van der Waals surface area contributed by atoms with Gasteiger partial charge in [-0.15, -0.1) is 0 Å². The lowest BCUT2D eigenvalue weighted by atomic mass is 10.1. The second kappa shape index (κ2) is 11.8. The van der Waals surface area contributed by atoms with Crippen molar-refractivity contribution in [3.8, 4) is 11.5 Å². The summed E-state index contributed by atoms with van der Waals surface area (Å²) in [6.45, 7) is 1.71. The van der Waals surface area contributed by atoms with Gasteiger partial charge in [-0.1, -0.05) is 18.2 Å². The molecule has 0 aliphatic heterocycles. The summed E-state index contributed by atoms with van der Waals surface area (Å²) in [5, 5.41) is 14.9. The Balaban J connectivity index is 2.04. The minimum atomic E-state index is -0.536. The molecule has 0 spiro atoms. The number of carbonyl (C=O) groups is 2. The van der Waals surface area contributed by atoms with Crippen molar-refractivity contribution in [2.45, 2.75) is 13.3 Å². The maximum Gasteiger partial charge on any atom is 0.344 e. The number of hydrogen-bond donors (Lipinski definition) is 1. The minimum absolute atomic E-state index is 0.126. The first-order chi connectivity index (χ1) is 14.8. The van der Waals surface area contributed by atoms with Gasteiger partial charge in [0.2, 0.25) is 5.91 Å². The van der Waals surface area contributed by atoms with Crippen LogP contribution in [0.25, 0.3) is 0 Å². The number of carbonyl (C=O) groups excluding carboxylic acids is 2. The van der Waals surface area contributed by atoms with Crippen LogP contribution < -0.4 is 14.9 Å². The highest BCUT2D eigenvalue weighted by Gasteiger charge is 2.16. The second-order valence-electron chi connectivity index (χ2n) is 5.98. The SMILES string of the molecule is CCOC(=O)COc1c(I)cc(/C=N/NC(=O)Cc2ccccc2[N+](=O)[O-])cc1OC. The quantitative estimate of drug-likeness (QED) is 0.161. The first kappa shape index (κ1) is 24.1. The summed E-state index contributed by atoms with van der Waals surface area (Å²) in [5.41, 5.74) is 3.12. The fourth-order valence-corrected chi connectivity index (χ4v) is 3.30. The van der Waals surface area contributed by atoms with E-state index in [0.717, 1.165) is 0 Å². The zero-order valence-corrected chi connectivity index (χ0v) is 19.0. The van der Waals surface area contributed by atoms with Gasteiger partial charge in [-0.25, -0.2) is 10.2 Å². The van der Waals surface area contributed by atoms with Crippen LogP contribution in [0.5, 0.6) is 11.5 Å². The van der Waals surface area contributed by atoms with Gasteiger partial charge in [0.15, 0.2) is 18.1 Å². The molecule has 0 heterocycles. The molecule has 31 heavy (non-hydrogen) atoms. The molecule has 0 radical (unpaired) electrons. The van der Waals surface area contributed by atoms with Gasteiger partial charge in [0, 0.05) is 11.6 Å². The fourth-order valence-electron chi connectivity index (χ4n) is 2.52. The molecule has 1 N–H and O–H groups in total. The van der Waals surface area contributed by atoms with Crippen molar-refractivity contribution >= 4 is 46.4 Å². The molecule has 2 rings (SSSR count). The first-order valence-electron chi connectivity index (χ1n) is 9.05. The Morgan fingerprint density at radius 2 is 2.03 bits per heavy atom. The van der Waals surface area contributed by atoms with Crippen molar-refractivity contribution in [2.24, 2.45) is 5.10 Å². The van der Waals surface area contributed by atoms with E-state index in [-0.39, 0.29) is 25.3 Å². The average molecular weight is 541 g/mol. The number of rotatable bonds is 10. The lowest BCUT2D eigenvalue weighted by Gasteiger charge is -2.13. The maximum atomic E-state index is 12.1. The highest BCUT2D eigenvalue weighted by atomic mass is 127. The summed E-state index contributed by atoms with van der Waals surface area (Å²) >= 11 is 2.02. The van der Waals surface area contributed by atoms with Crippen molar-refractivity contribution < 1.29 is 28.7 Å². The Kier molecular flexibility index (Phi) is 9.18. The van der Waals surface area contributed by atoms with E-state index in [1.54, 1.807) is 25.1 Å². The molecule has 0 atom stereocenters. The average Bonchev–Trinajstić information content (AvgIpc) is 2.73. The molecule has 0 saturated carbocycles. The van der Waals surface area contributed by atoms with Crippen molar-refractivity contribution in [1.29, 1.82) is 0 Å². The van der Waals surface area contributed by atoms with Crippen LogP contribution >= 0.6 is 22.6 Å². The third-order valence-electron chi connectivity index (χ3n) is 3.83. The van der Waals surface area contributed by atoms with Crippen LogP contribution in [0.2, 0.25) is 0 Å². The molecular formula is C20H20IN3O7. The Morgan fingerprint density at radius 1 is 1.29 bits per heavy atom. The lowest BCUT2D eigenvalue weighted by molar-refractivity contribution is -0.385. The van der Waals surface area contributed by atoms with Gasteiger partial charge in [0.25, 0.3) is 5.69 Å². The molecule has 0 fully saturated rings. The molecular weight excluding hydrogens is 521 g/mol. The van der Waals surface area contributed by atoms with Crippen LogP contribution in [0.1, 0.15) is 18.1 Å². The third-order valence-corrected chi connectivity index (χ3v) is 4.63. The number of nitro benzene ring substituents is 1. The molecule has 0 saturated heterocycles. The maximum absolute atomic E-state index is 12.1. The zero-order valence-electron chi connectivity index (χ0n) is 16.8. The van der Waals surface area contributed by atoms with Gasteiger partial charge in [0.05, 0.1) is 34.8 Å². The van der Waals surface area contributed by atoms with E-state index in [2.05, 4.69) is 10.5 Å². The summed E-state index contributed by atoms with van der Waals surface area (Å²) in [7, 11) is 1.46. The van der Waals surface area contributed by atoms with Crippen molar-refractivity contribution in [3.63, 3.8) is 0 Å². The highest BCUT2D eigenvalue weighted by Crippen LogP contribution is 2.33. The first-order valence-corrected chi connectivity index (χ1v) is 10.1. The molecule has 0 aromatic heterocycles. The standard InChI is InChI=1S/C20H20IN3O7/c1-3-30-19(26)12-31-20-15(21)8-13(9-17(20)29-2)11-22-23-18(25)10-14-6-4-5-7-16(14)24(27)28/h4-9,11H,3,10,12H2,1-2H3,(H,23,25)/b22-11+. The van der Waals surface area contributed by atoms with E-state index < -0.39 is 16.8 Å². The summed E-state index contributed by atoms with van der Waals surface area (Å²) in [6.07, 6.45) is 1.22. The Morgan fingerprint density at radius 3 is 2.71 bits per heavy atom. The predicted octanol–water partition coefficient (Wildman–Crippen LogP) is 2.84. The number of para-hydroxylation sites is 1. The monoisotopic (exact) mass is 541 g/mol. The minimum Gasteiger partial charge on any atom is -0.493 e. The summed E-state index contributed by atoms with van der Waals surface area (Å²) in [4.78, 5) is 34.1. The smallest absolute Gasteiger partial charge is 0.344 e. The molecule has 0 aliphatic carbocycles. The number of nitrogens with one attached hydrogen (secondary N) is 1. The number of nitrogens with zero attached hydrogens (tertiary/aromatic N) is 2. The molecule has 1 amide bonds. The van der Waals surface area contributed by atoms with E-state index in [1.807, 2.05) is 22.6 Å². The number of ether oxygens (including phenoxy) is 3. The van der Waals surface area contributed by atoms with E-state index in [0.29, 0.717) is 26.2 Å². The highest BCUT2D eigenvalue weighted by molar-refractivity contribution is 14.1. The molecule has 0 unspecified atom stereocenters. The molecule has 164 valence electrons. The number of amides is 1. The number of methoxy groups -OCH3 is 1. The number of esters is 1. The Bertz CT molecular complexity index is 995. The van der Waals surface area contributed by atoms with Crippen molar-refractivity contribution in [2.75, 3.05) is 20.3 Å². The van der Waals surface area contributed by atoms with E-state index in [9.17, 15) is 19.7 Å². The van der Waals surface area contributed by atoms with Gasteiger partial charge in [-0.05, 0) is 47.2 Å². The largest absolute Gasteiger partial charge is 0.493 e. The van der Waals surface area contributed by atoms with Crippen LogP contribution in [0.15, 0.2) is 41.5 Å². The van der Waals surface area contributed by atoms with Gasteiger partial charge >= 0.3 is 5.97 Å². The van der Waals surface area contributed by atoms with Crippen LogP contribution in [-0.2, 0) is 20.7 Å². The number of nitro groups is 1. The van der Waals surface area contributed by atoms with Crippen LogP contribution in [0, 0.1) is 13.7 Å². The topological polar surface area (TPSA) is 129 Å². The van der Waals surface area contributed by atoms with Crippen LogP contribution in [0.4, 0.5) is 5.69 Å². The molecule has 11 heteroatoms. The van der Waals surface area contributed by atoms with E-state index in [1.165, 1.54) is 31.5 Å². The van der Waals surface area contributed by atoms with E-state index >= 15 is 0 Å². The molecule has 2 aromatic carbocycles. The molecule has 0 aliphatic rings. The third kappa shape index (κ3) is 7.20. The Hall–Kier alpha value is -3.22. The van der Waals surface area contributed by atoms with Gasteiger partial charge in [-0.2, -0.15) is 5.10 Å². The number of hydrogen-bond acceptors (Lipinski definition) is 8. The molecule has 0 bridgehead atoms. The number of hydrazone groups is 1. The summed E-state index contributed by atoms with van der Waals surface area (Å²) in [5.74, 6) is -0.230. The summed E-state index contributed by atoms with van der Waals surface area (Å²) < 4.78 is 16.3. The fraction of sp³-hybridized carbons (Fsp3) is 0.250. The zero-order chi connectivity index (χ0) is 22.8. The van der Waals surface area contributed by atoms with E-state index in [4.69, 9.17) is 14.2 Å². The molecule has 2 aromatic rings.